The number of carbonyl (C=O) groups is 2. The monoisotopic (exact) mass is 598 g/mol. The van der Waals surface area contributed by atoms with E-state index in [2.05, 4.69) is 35.6 Å². The topological polar surface area (TPSA) is 85.7 Å². The average Bonchev–Trinajstić information content (AvgIpc) is 3.60. The van der Waals surface area contributed by atoms with Gasteiger partial charge < -0.3 is 19.7 Å². The summed E-state index contributed by atoms with van der Waals surface area (Å²) in [5.74, 6) is 0.505. The van der Waals surface area contributed by atoms with Crippen LogP contribution in [0.5, 0.6) is 5.75 Å². The van der Waals surface area contributed by atoms with Gasteiger partial charge in [0.25, 0.3) is 0 Å². The molecule has 41 heavy (non-hydrogen) atoms. The Bertz CT molecular complexity index is 1410. The molecule has 1 aliphatic rings. The van der Waals surface area contributed by atoms with Crippen LogP contribution in [0.25, 0.3) is 16.0 Å². The van der Waals surface area contributed by atoms with E-state index < -0.39 is 5.97 Å². The molecule has 2 aromatic heterocycles. The first-order valence-corrected chi connectivity index (χ1v) is 14.8. The van der Waals surface area contributed by atoms with E-state index in [1.165, 1.54) is 25.6 Å². The van der Waals surface area contributed by atoms with Crippen LogP contribution in [0, 0.1) is 11.8 Å². The number of anilines is 1. The first-order chi connectivity index (χ1) is 19.7. The van der Waals surface area contributed by atoms with Crippen molar-refractivity contribution in [3.05, 3.63) is 71.4 Å². The molecule has 0 bridgehead atoms. The molecule has 1 N–H and O–H groups in total. The van der Waals surface area contributed by atoms with E-state index in [0.717, 1.165) is 59.1 Å². The van der Waals surface area contributed by atoms with Crippen LogP contribution in [0.3, 0.4) is 0 Å². The molecule has 1 fully saturated rings. The highest BCUT2D eigenvalue weighted by Gasteiger charge is 2.24. The molecule has 0 saturated carbocycles. The van der Waals surface area contributed by atoms with Crippen molar-refractivity contribution < 1.29 is 19.1 Å². The van der Waals surface area contributed by atoms with Gasteiger partial charge in [0.15, 0.2) is 4.88 Å². The van der Waals surface area contributed by atoms with E-state index in [1.54, 1.807) is 18.5 Å². The molecular formula is C31H39ClN4O4S. The minimum absolute atomic E-state index is 0.00599. The van der Waals surface area contributed by atoms with Gasteiger partial charge in [-0.25, -0.2) is 9.78 Å². The first kappa shape index (κ1) is 32.1. The van der Waals surface area contributed by atoms with Gasteiger partial charge in [-0.15, -0.1) is 11.3 Å². The molecule has 1 aromatic carbocycles. The molecule has 4 rings (SSSR count). The smallest absolute Gasteiger partial charge is 0.351 e. The lowest BCUT2D eigenvalue weighted by molar-refractivity contribution is -0.121. The van der Waals surface area contributed by atoms with E-state index >= 15 is 0 Å². The molecule has 0 aliphatic carbocycles. The summed E-state index contributed by atoms with van der Waals surface area (Å²) in [5.41, 5.74) is 2.34. The molecule has 2 atom stereocenters. The Morgan fingerprint density at radius 1 is 1.29 bits per heavy atom. The average molecular weight is 599 g/mol. The highest BCUT2D eigenvalue weighted by Crippen LogP contribution is 2.34. The number of nitrogens with zero attached hydrogens (tertiary/aromatic N) is 3. The van der Waals surface area contributed by atoms with Crippen LogP contribution in [0.1, 0.15) is 42.8 Å². The quantitative estimate of drug-likeness (QED) is 0.210. The van der Waals surface area contributed by atoms with Gasteiger partial charge in [0.05, 0.1) is 31.2 Å². The lowest BCUT2D eigenvalue weighted by Gasteiger charge is -2.28. The summed E-state index contributed by atoms with van der Waals surface area (Å²) in [6.45, 7) is 9.61. The number of hydrogen-bond donors (Lipinski definition) is 1. The zero-order chi connectivity index (χ0) is 29.9. The zero-order valence-electron chi connectivity index (χ0n) is 24.4. The molecule has 1 amide bonds. The van der Waals surface area contributed by atoms with E-state index in [-0.39, 0.29) is 11.8 Å². The molecule has 1 aliphatic heterocycles. The van der Waals surface area contributed by atoms with Gasteiger partial charge in [0.2, 0.25) is 5.91 Å². The molecule has 0 radical (unpaired) electrons. The summed E-state index contributed by atoms with van der Waals surface area (Å²) in [4.78, 5) is 31.8. The van der Waals surface area contributed by atoms with Gasteiger partial charge in [0.1, 0.15) is 17.1 Å². The summed E-state index contributed by atoms with van der Waals surface area (Å²) in [6.07, 6.45) is 12.1. The number of aromatic nitrogens is 2. The number of fused-ring (bicyclic) bond motifs is 1. The van der Waals surface area contributed by atoms with Crippen LogP contribution in [0.2, 0.25) is 0 Å². The van der Waals surface area contributed by atoms with Gasteiger partial charge in [-0.05, 0) is 63.0 Å². The third-order valence-corrected chi connectivity index (χ3v) is 8.50. The summed E-state index contributed by atoms with van der Waals surface area (Å²) in [6, 6.07) is 7.41. The number of imidazole rings is 1. The van der Waals surface area contributed by atoms with Crippen molar-refractivity contribution in [2.75, 3.05) is 39.7 Å². The van der Waals surface area contributed by atoms with Crippen LogP contribution in [0.4, 0.5) is 5.69 Å². The third-order valence-electron chi connectivity index (χ3n) is 6.91. The fraction of sp³-hybridized carbons (Fsp3) is 0.387. The van der Waals surface area contributed by atoms with Gasteiger partial charge in [-0.1, -0.05) is 50.3 Å². The number of rotatable bonds is 9. The van der Waals surface area contributed by atoms with Crippen molar-refractivity contribution in [2.24, 2.45) is 11.8 Å². The van der Waals surface area contributed by atoms with Crippen LogP contribution in [-0.4, -0.2) is 60.7 Å². The van der Waals surface area contributed by atoms with Crippen molar-refractivity contribution in [3.63, 3.8) is 0 Å². The lowest BCUT2D eigenvalue weighted by Crippen LogP contribution is -2.38. The largest absolute Gasteiger partial charge is 0.495 e. The number of allylic oxidation sites excluding steroid dienone is 5. The van der Waals surface area contributed by atoms with Gasteiger partial charge in [-0.3, -0.25) is 9.36 Å². The van der Waals surface area contributed by atoms with E-state index in [1.807, 2.05) is 48.0 Å². The molecule has 3 aromatic rings. The minimum atomic E-state index is -0.446. The second-order valence-corrected chi connectivity index (χ2v) is 11.3. The number of likely N-dealkylation sites (tertiary alicyclic amines) is 1. The minimum Gasteiger partial charge on any atom is -0.495 e. The zero-order valence-corrected chi connectivity index (χ0v) is 25.9. The van der Waals surface area contributed by atoms with Crippen LogP contribution in [0.15, 0.2) is 66.5 Å². The maximum Gasteiger partial charge on any atom is 0.351 e. The number of methoxy groups -OCH3 is 2. The molecular weight excluding hydrogens is 560 g/mol. The van der Waals surface area contributed by atoms with Gasteiger partial charge in [-0.2, -0.15) is 0 Å². The van der Waals surface area contributed by atoms with Crippen molar-refractivity contribution in [1.82, 2.24) is 14.5 Å². The lowest BCUT2D eigenvalue weighted by atomic mass is 9.97. The number of piperidine rings is 1. The SMILES string of the molecule is C=C/C=C\C=C(\Cl)C(C)CC.COC(=O)c1sc(-n2cnc3ccc(NC(=O)C4CCCN(C)C4)cc32)cc1OC. The fourth-order valence-corrected chi connectivity index (χ4v) is 5.59. The van der Waals surface area contributed by atoms with Crippen molar-refractivity contribution in [2.45, 2.75) is 33.1 Å². The Balaban J connectivity index is 0.000000358. The molecule has 2 unspecified atom stereocenters. The van der Waals surface area contributed by atoms with Crippen LogP contribution in [-0.2, 0) is 9.53 Å². The van der Waals surface area contributed by atoms with E-state index in [0.29, 0.717) is 16.5 Å². The predicted octanol–water partition coefficient (Wildman–Crippen LogP) is 7.06. The number of esters is 1. The molecule has 0 spiro atoms. The number of halogens is 1. The predicted molar refractivity (Wildman–Crippen MR) is 168 cm³/mol. The van der Waals surface area contributed by atoms with Crippen molar-refractivity contribution in [3.8, 4) is 10.8 Å². The summed E-state index contributed by atoms with van der Waals surface area (Å²) >= 11 is 7.21. The Kier molecular flexibility index (Phi) is 12.2. The Hall–Kier alpha value is -3.40. The number of amides is 1. The number of benzene rings is 1. The van der Waals surface area contributed by atoms with Crippen molar-refractivity contribution >= 4 is 51.5 Å². The number of hydrogen-bond acceptors (Lipinski definition) is 7. The molecule has 8 nitrogen and oxygen atoms in total. The highest BCUT2D eigenvalue weighted by molar-refractivity contribution is 7.16. The fourth-order valence-electron chi connectivity index (χ4n) is 4.34. The summed E-state index contributed by atoms with van der Waals surface area (Å²) in [5, 5.41) is 4.72. The van der Waals surface area contributed by atoms with E-state index in [9.17, 15) is 9.59 Å². The van der Waals surface area contributed by atoms with E-state index in [4.69, 9.17) is 21.1 Å². The van der Waals surface area contributed by atoms with Gasteiger partial charge in [0, 0.05) is 23.3 Å². The molecule has 1 saturated heterocycles. The number of carbonyl (C=O) groups excluding carboxylic acids is 2. The molecule has 220 valence electrons. The summed E-state index contributed by atoms with van der Waals surface area (Å²) in [7, 11) is 4.90. The first-order valence-electron chi connectivity index (χ1n) is 13.6. The number of ether oxygens (including phenoxy) is 2. The normalized spacial score (nSPS) is 16.6. The molecule has 3 heterocycles. The Morgan fingerprint density at radius 2 is 2.07 bits per heavy atom. The molecule has 10 heteroatoms. The number of thiophene rings is 1. The van der Waals surface area contributed by atoms with Gasteiger partial charge >= 0.3 is 5.97 Å². The van der Waals surface area contributed by atoms with Crippen LogP contribution >= 0.6 is 22.9 Å². The highest BCUT2D eigenvalue weighted by atomic mass is 35.5. The second-order valence-electron chi connectivity index (χ2n) is 9.86. The maximum atomic E-state index is 12.7. The third kappa shape index (κ3) is 8.55. The summed E-state index contributed by atoms with van der Waals surface area (Å²) < 4.78 is 12.0. The second kappa shape index (κ2) is 15.6. The van der Waals surface area contributed by atoms with Crippen molar-refractivity contribution in [1.29, 1.82) is 0 Å². The Morgan fingerprint density at radius 3 is 2.73 bits per heavy atom. The standard InChI is InChI=1S/C21H24N4O4S.C10H15Cl/c1-24-8-4-5-13(11-24)20(26)23-14-6-7-15-16(9-14)25(12-22-15)18-10-17(28-2)19(30-18)21(27)29-3;1-4-6-7-8-10(11)9(3)5-2/h6-7,9-10,12-13H,4-5,8,11H2,1-3H3,(H,23,26);4,6-9H,1,5H2,2-3H3/b;7-6-,10-8+. The maximum absolute atomic E-state index is 12.7. The van der Waals surface area contributed by atoms with Crippen LogP contribution < -0.4 is 10.1 Å². The number of nitrogens with one attached hydrogen (secondary N) is 1. The Labute approximate surface area is 251 Å².